The lowest BCUT2D eigenvalue weighted by molar-refractivity contribution is 0.182. The number of nitrogens with one attached hydrogen (secondary N) is 1. The minimum absolute atomic E-state index is 0.00435. The molecule has 1 aromatic heterocycles. The summed E-state index contributed by atoms with van der Waals surface area (Å²) in [5, 5.41) is 11.2. The van der Waals surface area contributed by atoms with E-state index in [1.54, 1.807) is 0 Å². The second-order valence-electron chi connectivity index (χ2n) is 5.28. The molecule has 0 bridgehead atoms. The largest absolute Gasteiger partial charge is 0.387 e. The fraction of sp³-hybridized carbons (Fsp3) is 0.467. The Bertz CT molecular complexity index is 707. The van der Waals surface area contributed by atoms with Crippen LogP contribution in [0.15, 0.2) is 30.5 Å². The van der Waals surface area contributed by atoms with Crippen LogP contribution in [0.25, 0.3) is 10.9 Å². The van der Waals surface area contributed by atoms with Crippen LogP contribution in [0.4, 0.5) is 0 Å². The molecule has 0 aliphatic carbocycles. The summed E-state index contributed by atoms with van der Waals surface area (Å²) in [7, 11) is -1.34. The van der Waals surface area contributed by atoms with Gasteiger partial charge in [0.2, 0.25) is 10.0 Å². The van der Waals surface area contributed by atoms with Gasteiger partial charge in [-0.1, -0.05) is 19.4 Å². The van der Waals surface area contributed by atoms with Gasteiger partial charge < -0.3 is 9.67 Å². The number of aliphatic hydroxyl groups excluding tert-OH is 1. The van der Waals surface area contributed by atoms with E-state index >= 15 is 0 Å². The lowest BCUT2D eigenvalue weighted by atomic mass is 10.1. The van der Waals surface area contributed by atoms with Crippen molar-refractivity contribution in [3.05, 3.63) is 36.0 Å². The Morgan fingerprint density at radius 2 is 2.10 bits per heavy atom. The quantitative estimate of drug-likeness (QED) is 0.821. The Hall–Kier alpha value is -1.37. The van der Waals surface area contributed by atoms with E-state index in [2.05, 4.69) is 4.72 Å². The molecule has 21 heavy (non-hydrogen) atoms. The predicted octanol–water partition coefficient (Wildman–Crippen LogP) is 1.93. The molecule has 1 unspecified atom stereocenters. The molecule has 1 aromatic carbocycles. The van der Waals surface area contributed by atoms with Gasteiger partial charge in [0.15, 0.2) is 0 Å². The van der Waals surface area contributed by atoms with Crippen LogP contribution in [0.1, 0.15) is 31.4 Å². The van der Waals surface area contributed by atoms with E-state index in [0.29, 0.717) is 12.0 Å². The highest BCUT2D eigenvalue weighted by Crippen LogP contribution is 2.20. The fourth-order valence-electron chi connectivity index (χ4n) is 2.24. The Kier molecular flexibility index (Phi) is 5.03. The normalized spacial score (nSPS) is 13.7. The number of aryl methyl sites for hydroxylation is 1. The Morgan fingerprint density at radius 3 is 2.81 bits per heavy atom. The third-order valence-electron chi connectivity index (χ3n) is 3.56. The van der Waals surface area contributed by atoms with Crippen LogP contribution in [0.5, 0.6) is 0 Å². The highest BCUT2D eigenvalue weighted by molar-refractivity contribution is 7.89. The number of sulfonamides is 1. The minimum Gasteiger partial charge on any atom is -0.387 e. The summed E-state index contributed by atoms with van der Waals surface area (Å²) in [5.41, 5.74) is 1.79. The molecule has 2 N–H and O–H groups in total. The van der Waals surface area contributed by atoms with Crippen molar-refractivity contribution in [1.29, 1.82) is 0 Å². The van der Waals surface area contributed by atoms with Gasteiger partial charge in [-0.25, -0.2) is 13.1 Å². The molecular formula is C15H22N2O3S. The molecule has 1 heterocycles. The van der Waals surface area contributed by atoms with Crippen molar-refractivity contribution >= 4 is 20.9 Å². The van der Waals surface area contributed by atoms with Crippen LogP contribution in [0.2, 0.25) is 0 Å². The van der Waals surface area contributed by atoms with Gasteiger partial charge in [-0.2, -0.15) is 0 Å². The van der Waals surface area contributed by atoms with E-state index in [1.807, 2.05) is 49.0 Å². The molecule has 0 aliphatic heterocycles. The van der Waals surface area contributed by atoms with Crippen molar-refractivity contribution in [2.75, 3.05) is 12.3 Å². The molecule has 0 saturated heterocycles. The SMILES string of the molecule is CCCCS(=O)(=O)NCC(O)c1ccc2c(ccn2C)c1. The monoisotopic (exact) mass is 310 g/mol. The molecule has 116 valence electrons. The standard InChI is InChI=1S/C15H22N2O3S/c1-3-4-9-21(19,20)16-11-15(18)13-5-6-14-12(10-13)7-8-17(14)2/h5-8,10,15-16,18H,3-4,9,11H2,1-2H3. The third-order valence-corrected chi connectivity index (χ3v) is 4.99. The first-order chi connectivity index (χ1) is 9.93. The summed E-state index contributed by atoms with van der Waals surface area (Å²) in [6, 6.07) is 7.62. The number of aliphatic hydroxyl groups is 1. The predicted molar refractivity (Wildman–Crippen MR) is 84.6 cm³/mol. The van der Waals surface area contributed by atoms with Crippen LogP contribution in [0.3, 0.4) is 0 Å². The van der Waals surface area contributed by atoms with Crippen molar-refractivity contribution in [2.45, 2.75) is 25.9 Å². The number of aromatic nitrogens is 1. The van der Waals surface area contributed by atoms with Gasteiger partial charge in [-0.3, -0.25) is 0 Å². The summed E-state index contributed by atoms with van der Waals surface area (Å²) in [6.07, 6.45) is 2.56. The summed E-state index contributed by atoms with van der Waals surface area (Å²) in [4.78, 5) is 0. The maximum absolute atomic E-state index is 11.7. The first kappa shape index (κ1) is 16.0. The average Bonchev–Trinajstić information content (AvgIpc) is 2.84. The van der Waals surface area contributed by atoms with Crippen molar-refractivity contribution in [1.82, 2.24) is 9.29 Å². The van der Waals surface area contributed by atoms with Gasteiger partial charge in [-0.05, 0) is 35.6 Å². The van der Waals surface area contributed by atoms with E-state index in [1.165, 1.54) is 0 Å². The lowest BCUT2D eigenvalue weighted by Crippen LogP contribution is -2.30. The zero-order valence-corrected chi connectivity index (χ0v) is 13.2. The molecule has 0 amide bonds. The maximum Gasteiger partial charge on any atom is 0.211 e. The van der Waals surface area contributed by atoms with Crippen molar-refractivity contribution in [3.8, 4) is 0 Å². The summed E-state index contributed by atoms with van der Waals surface area (Å²) < 4.78 is 27.9. The van der Waals surface area contributed by atoms with Gasteiger partial charge in [-0.15, -0.1) is 0 Å². The topological polar surface area (TPSA) is 71.3 Å². The van der Waals surface area contributed by atoms with Crippen LogP contribution in [-0.4, -0.2) is 30.4 Å². The average molecular weight is 310 g/mol. The lowest BCUT2D eigenvalue weighted by Gasteiger charge is -2.13. The summed E-state index contributed by atoms with van der Waals surface area (Å²) in [5.74, 6) is 0.105. The fourth-order valence-corrected chi connectivity index (χ4v) is 3.46. The molecule has 0 aliphatic rings. The molecule has 5 nitrogen and oxygen atoms in total. The summed E-state index contributed by atoms with van der Waals surface area (Å²) in [6.45, 7) is 1.95. The number of nitrogens with zero attached hydrogens (tertiary/aromatic N) is 1. The Balaban J connectivity index is 2.03. The second-order valence-corrected chi connectivity index (χ2v) is 7.21. The van der Waals surface area contributed by atoms with Gasteiger partial charge in [0.1, 0.15) is 0 Å². The first-order valence-corrected chi connectivity index (χ1v) is 8.78. The molecule has 2 aromatic rings. The highest BCUT2D eigenvalue weighted by Gasteiger charge is 2.14. The molecule has 0 spiro atoms. The molecule has 0 saturated carbocycles. The molecule has 2 rings (SSSR count). The van der Waals surface area contributed by atoms with Gasteiger partial charge in [0, 0.05) is 25.3 Å². The van der Waals surface area contributed by atoms with Crippen LogP contribution in [-0.2, 0) is 17.1 Å². The van der Waals surface area contributed by atoms with E-state index in [0.717, 1.165) is 17.3 Å². The molecule has 0 fully saturated rings. The number of unbranched alkanes of at least 4 members (excludes halogenated alkanes) is 1. The van der Waals surface area contributed by atoms with Crippen LogP contribution < -0.4 is 4.72 Å². The van der Waals surface area contributed by atoms with E-state index in [-0.39, 0.29) is 12.3 Å². The van der Waals surface area contributed by atoms with Gasteiger partial charge >= 0.3 is 0 Å². The second kappa shape index (κ2) is 6.60. The van der Waals surface area contributed by atoms with Crippen molar-refractivity contribution in [3.63, 3.8) is 0 Å². The van der Waals surface area contributed by atoms with E-state index in [4.69, 9.17) is 0 Å². The van der Waals surface area contributed by atoms with E-state index < -0.39 is 16.1 Å². The Morgan fingerprint density at radius 1 is 1.33 bits per heavy atom. The number of benzene rings is 1. The number of rotatable bonds is 7. The van der Waals surface area contributed by atoms with Gasteiger partial charge in [0.05, 0.1) is 11.9 Å². The minimum atomic E-state index is -3.30. The number of fused-ring (bicyclic) bond motifs is 1. The van der Waals surface area contributed by atoms with Crippen LogP contribution >= 0.6 is 0 Å². The van der Waals surface area contributed by atoms with Gasteiger partial charge in [0.25, 0.3) is 0 Å². The smallest absolute Gasteiger partial charge is 0.211 e. The first-order valence-electron chi connectivity index (χ1n) is 7.13. The third kappa shape index (κ3) is 4.06. The van der Waals surface area contributed by atoms with Crippen molar-refractivity contribution in [2.24, 2.45) is 7.05 Å². The Labute approximate surface area is 125 Å². The van der Waals surface area contributed by atoms with Crippen LogP contribution in [0, 0.1) is 0 Å². The zero-order valence-electron chi connectivity index (χ0n) is 12.4. The van der Waals surface area contributed by atoms with E-state index in [9.17, 15) is 13.5 Å². The molecule has 1 atom stereocenters. The molecule has 0 radical (unpaired) electrons. The number of hydrogen-bond donors (Lipinski definition) is 2. The highest BCUT2D eigenvalue weighted by atomic mass is 32.2. The molecule has 6 heteroatoms. The number of hydrogen-bond acceptors (Lipinski definition) is 3. The zero-order chi connectivity index (χ0) is 15.5. The summed E-state index contributed by atoms with van der Waals surface area (Å²) >= 11 is 0. The van der Waals surface area contributed by atoms with Crippen molar-refractivity contribution < 1.29 is 13.5 Å². The molecular weight excluding hydrogens is 288 g/mol. The maximum atomic E-state index is 11.7.